The molecule has 2 aromatic rings. The lowest BCUT2D eigenvalue weighted by molar-refractivity contribution is -0.131. The molecule has 1 atom stereocenters. The van der Waals surface area contributed by atoms with Gasteiger partial charge >= 0.3 is 6.03 Å². The Morgan fingerprint density at radius 2 is 1.96 bits per heavy atom. The molecule has 1 aliphatic heterocycles. The highest BCUT2D eigenvalue weighted by Crippen LogP contribution is 2.29. The van der Waals surface area contributed by atoms with Gasteiger partial charge in [0.25, 0.3) is 5.91 Å². The average molecular weight is 314 g/mol. The topological polar surface area (TPSA) is 88.3 Å². The molecule has 1 N–H and O–H groups in total. The summed E-state index contributed by atoms with van der Waals surface area (Å²) >= 11 is 0. The molecule has 1 aromatic carbocycles. The highest BCUT2D eigenvalue weighted by molar-refractivity contribution is 6.07. The minimum absolute atomic E-state index is 0.0349. The van der Waals surface area contributed by atoms with Crippen LogP contribution in [0.2, 0.25) is 0 Å². The molecular formula is C16H18N4O3. The van der Waals surface area contributed by atoms with Crippen LogP contribution in [-0.4, -0.2) is 27.0 Å². The first kappa shape index (κ1) is 15.2. The molecule has 1 aliphatic rings. The van der Waals surface area contributed by atoms with Crippen LogP contribution in [0.15, 0.2) is 34.9 Å². The van der Waals surface area contributed by atoms with Gasteiger partial charge in [0, 0.05) is 5.92 Å². The Kier molecular flexibility index (Phi) is 3.63. The number of amides is 3. The summed E-state index contributed by atoms with van der Waals surface area (Å²) in [6.07, 6.45) is 0. The Labute approximate surface area is 133 Å². The van der Waals surface area contributed by atoms with Gasteiger partial charge in [-0.15, -0.1) is 0 Å². The number of nitrogens with one attached hydrogen (secondary N) is 1. The van der Waals surface area contributed by atoms with Crippen molar-refractivity contribution in [2.45, 2.75) is 38.8 Å². The van der Waals surface area contributed by atoms with Crippen molar-refractivity contribution < 1.29 is 14.1 Å². The zero-order valence-corrected chi connectivity index (χ0v) is 13.2. The van der Waals surface area contributed by atoms with Gasteiger partial charge in [-0.05, 0) is 12.5 Å². The van der Waals surface area contributed by atoms with Crippen molar-refractivity contribution in [3.63, 3.8) is 0 Å². The van der Waals surface area contributed by atoms with Crippen LogP contribution in [-0.2, 0) is 16.9 Å². The Balaban J connectivity index is 1.84. The van der Waals surface area contributed by atoms with Crippen molar-refractivity contribution in [3.05, 3.63) is 47.6 Å². The van der Waals surface area contributed by atoms with E-state index in [2.05, 4.69) is 15.5 Å². The van der Waals surface area contributed by atoms with Crippen LogP contribution in [0.3, 0.4) is 0 Å². The quantitative estimate of drug-likeness (QED) is 0.874. The molecule has 0 spiro atoms. The van der Waals surface area contributed by atoms with Crippen LogP contribution in [0.4, 0.5) is 4.79 Å². The summed E-state index contributed by atoms with van der Waals surface area (Å²) in [6, 6.07) is 8.67. The van der Waals surface area contributed by atoms with E-state index >= 15 is 0 Å². The lowest BCUT2D eigenvalue weighted by atomic mass is 9.92. The molecule has 1 saturated heterocycles. The van der Waals surface area contributed by atoms with Gasteiger partial charge in [-0.3, -0.25) is 9.69 Å². The fraction of sp³-hybridized carbons (Fsp3) is 0.375. The molecular weight excluding hydrogens is 296 g/mol. The molecule has 7 heteroatoms. The van der Waals surface area contributed by atoms with E-state index in [1.165, 1.54) is 0 Å². The van der Waals surface area contributed by atoms with Gasteiger partial charge in [0.2, 0.25) is 5.89 Å². The Hall–Kier alpha value is -2.70. The van der Waals surface area contributed by atoms with Crippen LogP contribution in [0.1, 0.15) is 44.0 Å². The van der Waals surface area contributed by atoms with Crippen LogP contribution >= 0.6 is 0 Å². The normalized spacial score (nSPS) is 21.1. The summed E-state index contributed by atoms with van der Waals surface area (Å²) in [5.41, 5.74) is -0.353. The monoisotopic (exact) mass is 314 g/mol. The zero-order chi connectivity index (χ0) is 16.6. The molecule has 1 aromatic heterocycles. The number of aromatic nitrogens is 2. The predicted octanol–water partition coefficient (Wildman–Crippen LogP) is 2.16. The van der Waals surface area contributed by atoms with Crippen molar-refractivity contribution in [1.82, 2.24) is 20.4 Å². The molecule has 3 rings (SSSR count). The molecule has 120 valence electrons. The van der Waals surface area contributed by atoms with Gasteiger partial charge < -0.3 is 9.84 Å². The number of hydrogen-bond donors (Lipinski definition) is 1. The second-order valence-electron chi connectivity index (χ2n) is 6.01. The van der Waals surface area contributed by atoms with Gasteiger partial charge in [-0.1, -0.05) is 49.3 Å². The maximum absolute atomic E-state index is 12.7. The second-order valence-corrected chi connectivity index (χ2v) is 6.01. The molecule has 1 fully saturated rings. The third-order valence-corrected chi connectivity index (χ3v) is 3.92. The number of nitrogens with zero attached hydrogens (tertiary/aromatic N) is 3. The number of benzene rings is 1. The molecule has 0 unspecified atom stereocenters. The summed E-state index contributed by atoms with van der Waals surface area (Å²) in [6.45, 7) is 5.53. The standard InChI is InChI=1S/C16H18N4O3/c1-10(2)13-17-12(23-19-13)9-20-14(21)16(3,18-15(20)22)11-7-5-4-6-8-11/h4-8,10H,9H2,1-3H3,(H,18,22)/t16-/m1/s1. The lowest BCUT2D eigenvalue weighted by Gasteiger charge is -2.21. The number of rotatable bonds is 4. The predicted molar refractivity (Wildman–Crippen MR) is 81.3 cm³/mol. The van der Waals surface area contributed by atoms with E-state index in [0.29, 0.717) is 5.82 Å². The fourth-order valence-corrected chi connectivity index (χ4v) is 2.51. The molecule has 0 aliphatic carbocycles. The molecule has 23 heavy (non-hydrogen) atoms. The minimum atomic E-state index is -1.08. The van der Waals surface area contributed by atoms with Crippen LogP contribution in [0.5, 0.6) is 0 Å². The van der Waals surface area contributed by atoms with E-state index in [4.69, 9.17) is 4.52 Å². The number of carbonyl (C=O) groups is 2. The number of urea groups is 1. The third-order valence-electron chi connectivity index (χ3n) is 3.92. The Bertz CT molecular complexity index is 741. The van der Waals surface area contributed by atoms with E-state index < -0.39 is 11.6 Å². The maximum Gasteiger partial charge on any atom is 0.325 e. The van der Waals surface area contributed by atoms with E-state index in [-0.39, 0.29) is 24.3 Å². The summed E-state index contributed by atoms with van der Waals surface area (Å²) in [4.78, 5) is 30.3. The maximum atomic E-state index is 12.7. The van der Waals surface area contributed by atoms with Gasteiger partial charge in [-0.25, -0.2) is 4.79 Å². The number of hydrogen-bond acceptors (Lipinski definition) is 5. The molecule has 0 bridgehead atoms. The van der Waals surface area contributed by atoms with Crippen molar-refractivity contribution in [1.29, 1.82) is 0 Å². The number of carbonyl (C=O) groups excluding carboxylic acids is 2. The van der Waals surface area contributed by atoms with Crippen molar-refractivity contribution in [2.24, 2.45) is 0 Å². The summed E-state index contributed by atoms with van der Waals surface area (Å²) in [5, 5.41) is 6.59. The fourth-order valence-electron chi connectivity index (χ4n) is 2.51. The van der Waals surface area contributed by atoms with E-state index in [1.54, 1.807) is 6.92 Å². The summed E-state index contributed by atoms with van der Waals surface area (Å²) in [7, 11) is 0. The largest absolute Gasteiger partial charge is 0.337 e. The van der Waals surface area contributed by atoms with E-state index in [0.717, 1.165) is 10.5 Å². The van der Waals surface area contributed by atoms with E-state index in [9.17, 15) is 9.59 Å². The molecule has 7 nitrogen and oxygen atoms in total. The molecule has 3 amide bonds. The summed E-state index contributed by atoms with van der Waals surface area (Å²) in [5.74, 6) is 0.579. The molecule has 2 heterocycles. The zero-order valence-electron chi connectivity index (χ0n) is 13.2. The summed E-state index contributed by atoms with van der Waals surface area (Å²) < 4.78 is 5.12. The van der Waals surface area contributed by atoms with E-state index in [1.807, 2.05) is 44.2 Å². The van der Waals surface area contributed by atoms with Gasteiger partial charge in [0.05, 0.1) is 0 Å². The highest BCUT2D eigenvalue weighted by atomic mass is 16.5. The first-order chi connectivity index (χ1) is 10.9. The van der Waals surface area contributed by atoms with Crippen LogP contribution in [0.25, 0.3) is 0 Å². The van der Waals surface area contributed by atoms with Crippen molar-refractivity contribution >= 4 is 11.9 Å². The lowest BCUT2D eigenvalue weighted by Crippen LogP contribution is -2.40. The molecule has 0 radical (unpaired) electrons. The minimum Gasteiger partial charge on any atom is -0.337 e. The van der Waals surface area contributed by atoms with Crippen LogP contribution < -0.4 is 5.32 Å². The SMILES string of the molecule is CC(C)c1noc(CN2C(=O)N[C@](C)(c3ccccc3)C2=O)n1. The van der Waals surface area contributed by atoms with Gasteiger partial charge in [0.1, 0.15) is 12.1 Å². The van der Waals surface area contributed by atoms with Gasteiger partial charge in [-0.2, -0.15) is 4.98 Å². The Morgan fingerprint density at radius 3 is 2.57 bits per heavy atom. The third kappa shape index (κ3) is 2.58. The first-order valence-electron chi connectivity index (χ1n) is 7.44. The Morgan fingerprint density at radius 1 is 1.26 bits per heavy atom. The smallest absolute Gasteiger partial charge is 0.325 e. The second kappa shape index (κ2) is 5.49. The van der Waals surface area contributed by atoms with Crippen LogP contribution in [0, 0.1) is 0 Å². The first-order valence-corrected chi connectivity index (χ1v) is 7.44. The van der Waals surface area contributed by atoms with Crippen molar-refractivity contribution in [3.8, 4) is 0 Å². The van der Waals surface area contributed by atoms with Crippen molar-refractivity contribution in [2.75, 3.05) is 0 Å². The highest BCUT2D eigenvalue weighted by Gasteiger charge is 2.49. The van der Waals surface area contributed by atoms with Gasteiger partial charge in [0.15, 0.2) is 5.82 Å². The number of imide groups is 1. The average Bonchev–Trinajstić information content (AvgIpc) is 3.08. The molecule has 0 saturated carbocycles.